The molecule has 0 saturated carbocycles. The third-order valence-corrected chi connectivity index (χ3v) is 3.47. The lowest BCUT2D eigenvalue weighted by Crippen LogP contribution is -2.50. The molecule has 1 unspecified atom stereocenters. The predicted molar refractivity (Wildman–Crippen MR) is 73.0 cm³/mol. The molecule has 2 rings (SSSR count). The van der Waals surface area contributed by atoms with Crippen molar-refractivity contribution in [1.82, 2.24) is 4.90 Å². The SMILES string of the molecule is NC(=O)C1CCCCN1C(=O)[CH]Cc1ccccc1. The number of primary amides is 1. The van der Waals surface area contributed by atoms with Gasteiger partial charge in [-0.2, -0.15) is 0 Å². The molecule has 101 valence electrons. The van der Waals surface area contributed by atoms with Crippen molar-refractivity contribution >= 4 is 11.8 Å². The Morgan fingerprint density at radius 1 is 1.26 bits per heavy atom. The van der Waals surface area contributed by atoms with Gasteiger partial charge in [-0.3, -0.25) is 9.59 Å². The lowest BCUT2D eigenvalue weighted by atomic mass is 10.0. The number of nitrogens with two attached hydrogens (primary N) is 1. The summed E-state index contributed by atoms with van der Waals surface area (Å²) in [6, 6.07) is 9.35. The predicted octanol–water partition coefficient (Wildman–Crippen LogP) is 1.30. The Morgan fingerprint density at radius 2 is 2.00 bits per heavy atom. The first-order valence-corrected chi connectivity index (χ1v) is 6.65. The van der Waals surface area contributed by atoms with Crippen molar-refractivity contribution in [2.45, 2.75) is 31.7 Å². The molecular weight excluding hydrogens is 240 g/mol. The molecular formula is C15H19N2O2. The van der Waals surface area contributed by atoms with Crippen LogP contribution < -0.4 is 5.73 Å². The number of likely N-dealkylation sites (tertiary alicyclic amines) is 1. The van der Waals surface area contributed by atoms with Crippen LogP contribution in [-0.2, 0) is 16.0 Å². The molecule has 0 aromatic heterocycles. The Labute approximate surface area is 113 Å². The first-order chi connectivity index (χ1) is 9.18. The van der Waals surface area contributed by atoms with Crippen molar-refractivity contribution in [3.05, 3.63) is 42.3 Å². The normalized spacial score (nSPS) is 19.2. The second kappa shape index (κ2) is 6.36. The Morgan fingerprint density at radius 3 is 2.68 bits per heavy atom. The number of piperidine rings is 1. The molecule has 1 aliphatic rings. The second-order valence-corrected chi connectivity index (χ2v) is 4.84. The zero-order chi connectivity index (χ0) is 13.7. The van der Waals surface area contributed by atoms with Gasteiger partial charge in [-0.1, -0.05) is 30.3 Å². The average Bonchev–Trinajstić information content (AvgIpc) is 2.46. The van der Waals surface area contributed by atoms with Crippen LogP contribution in [0.5, 0.6) is 0 Å². The van der Waals surface area contributed by atoms with E-state index in [4.69, 9.17) is 5.73 Å². The van der Waals surface area contributed by atoms with E-state index in [1.807, 2.05) is 30.3 Å². The molecule has 2 N–H and O–H groups in total. The zero-order valence-corrected chi connectivity index (χ0v) is 10.9. The highest BCUT2D eigenvalue weighted by Gasteiger charge is 2.30. The minimum atomic E-state index is -0.437. The number of nitrogens with zero attached hydrogens (tertiary/aromatic N) is 1. The van der Waals surface area contributed by atoms with Gasteiger partial charge < -0.3 is 10.6 Å². The number of hydrogen-bond acceptors (Lipinski definition) is 2. The third-order valence-electron chi connectivity index (χ3n) is 3.47. The van der Waals surface area contributed by atoms with E-state index in [2.05, 4.69) is 0 Å². The van der Waals surface area contributed by atoms with E-state index < -0.39 is 11.9 Å². The van der Waals surface area contributed by atoms with Gasteiger partial charge in [0.15, 0.2) is 0 Å². The maximum atomic E-state index is 12.1. The van der Waals surface area contributed by atoms with Crippen LogP contribution in [0.25, 0.3) is 0 Å². The molecule has 4 nitrogen and oxygen atoms in total. The molecule has 0 aliphatic carbocycles. The highest BCUT2D eigenvalue weighted by molar-refractivity contribution is 5.91. The average molecular weight is 259 g/mol. The van der Waals surface area contributed by atoms with E-state index in [0.717, 1.165) is 18.4 Å². The van der Waals surface area contributed by atoms with Crippen LogP contribution in [0.2, 0.25) is 0 Å². The van der Waals surface area contributed by atoms with Gasteiger partial charge in [0.2, 0.25) is 11.8 Å². The van der Waals surface area contributed by atoms with Gasteiger partial charge in [0, 0.05) is 6.54 Å². The molecule has 1 radical (unpaired) electrons. The molecule has 0 spiro atoms. The summed E-state index contributed by atoms with van der Waals surface area (Å²) >= 11 is 0. The highest BCUT2D eigenvalue weighted by Crippen LogP contribution is 2.18. The van der Waals surface area contributed by atoms with Gasteiger partial charge in [0.05, 0.1) is 6.42 Å². The summed E-state index contributed by atoms with van der Waals surface area (Å²) in [5, 5.41) is 0. The van der Waals surface area contributed by atoms with Crippen molar-refractivity contribution in [2.24, 2.45) is 5.73 Å². The second-order valence-electron chi connectivity index (χ2n) is 4.84. The molecule has 2 amide bonds. The van der Waals surface area contributed by atoms with Crippen LogP contribution in [0.1, 0.15) is 24.8 Å². The largest absolute Gasteiger partial charge is 0.368 e. The third kappa shape index (κ3) is 3.56. The van der Waals surface area contributed by atoms with E-state index in [-0.39, 0.29) is 5.91 Å². The van der Waals surface area contributed by atoms with E-state index in [9.17, 15) is 9.59 Å². The number of carbonyl (C=O) groups is 2. The molecule has 0 bridgehead atoms. The summed E-state index contributed by atoms with van der Waals surface area (Å²) in [6.45, 7) is 0.623. The Hall–Kier alpha value is -1.84. The fraction of sp³-hybridized carbons (Fsp3) is 0.400. The molecule has 19 heavy (non-hydrogen) atoms. The van der Waals surface area contributed by atoms with Gasteiger partial charge in [-0.25, -0.2) is 0 Å². The summed E-state index contributed by atoms with van der Waals surface area (Å²) in [5.74, 6) is -0.492. The van der Waals surface area contributed by atoms with Gasteiger partial charge in [-0.05, 0) is 31.2 Å². The van der Waals surface area contributed by atoms with Crippen LogP contribution in [0, 0.1) is 6.42 Å². The molecule has 4 heteroatoms. The molecule has 1 fully saturated rings. The summed E-state index contributed by atoms with van der Waals surface area (Å²) < 4.78 is 0. The zero-order valence-electron chi connectivity index (χ0n) is 10.9. The smallest absolute Gasteiger partial charge is 0.240 e. The molecule has 1 aromatic rings. The van der Waals surface area contributed by atoms with Crippen molar-refractivity contribution in [1.29, 1.82) is 0 Å². The van der Waals surface area contributed by atoms with E-state index in [1.54, 1.807) is 11.3 Å². The lowest BCUT2D eigenvalue weighted by molar-refractivity contribution is -0.138. The van der Waals surface area contributed by atoms with Crippen molar-refractivity contribution in [3.8, 4) is 0 Å². The Balaban J connectivity index is 1.93. The maximum Gasteiger partial charge on any atom is 0.240 e. The molecule has 1 saturated heterocycles. The molecule has 1 aromatic carbocycles. The summed E-state index contributed by atoms with van der Waals surface area (Å²) in [6.07, 6.45) is 4.79. The number of rotatable bonds is 4. The van der Waals surface area contributed by atoms with Crippen molar-refractivity contribution in [2.75, 3.05) is 6.54 Å². The number of hydrogen-bond donors (Lipinski definition) is 1. The van der Waals surface area contributed by atoms with E-state index in [1.165, 1.54) is 0 Å². The molecule has 1 atom stereocenters. The number of carbonyl (C=O) groups excluding carboxylic acids is 2. The van der Waals surface area contributed by atoms with Crippen molar-refractivity contribution < 1.29 is 9.59 Å². The van der Waals surface area contributed by atoms with Crippen molar-refractivity contribution in [3.63, 3.8) is 0 Å². The summed E-state index contributed by atoms with van der Waals surface area (Å²) in [5.41, 5.74) is 6.44. The summed E-state index contributed by atoms with van der Waals surface area (Å²) in [7, 11) is 0. The van der Waals surface area contributed by atoms with Crippen LogP contribution in [0.4, 0.5) is 0 Å². The highest BCUT2D eigenvalue weighted by atomic mass is 16.2. The standard InChI is InChI=1S/C15H19N2O2/c16-15(19)13-8-4-5-11-17(13)14(18)10-9-12-6-2-1-3-7-12/h1-3,6-7,10,13H,4-5,8-9,11H2,(H2,16,19). The van der Waals surface area contributed by atoms with Crippen LogP contribution in [0.3, 0.4) is 0 Å². The monoisotopic (exact) mass is 259 g/mol. The fourth-order valence-corrected chi connectivity index (χ4v) is 2.43. The summed E-state index contributed by atoms with van der Waals surface area (Å²) in [4.78, 5) is 25.1. The first-order valence-electron chi connectivity index (χ1n) is 6.65. The fourth-order valence-electron chi connectivity index (χ4n) is 2.43. The number of benzene rings is 1. The Bertz CT molecular complexity index is 445. The Kier molecular flexibility index (Phi) is 4.55. The molecule has 1 aliphatic heterocycles. The van der Waals surface area contributed by atoms with E-state index in [0.29, 0.717) is 19.4 Å². The van der Waals surface area contributed by atoms with Crippen LogP contribution in [0.15, 0.2) is 30.3 Å². The number of amides is 2. The van der Waals surface area contributed by atoms with Gasteiger partial charge in [0.25, 0.3) is 0 Å². The van der Waals surface area contributed by atoms with E-state index >= 15 is 0 Å². The van der Waals surface area contributed by atoms with Gasteiger partial charge >= 0.3 is 0 Å². The minimum absolute atomic E-state index is 0.0904. The lowest BCUT2D eigenvalue weighted by Gasteiger charge is -2.33. The first kappa shape index (κ1) is 13.6. The van der Waals surface area contributed by atoms with Crippen LogP contribution in [-0.4, -0.2) is 29.3 Å². The topological polar surface area (TPSA) is 63.4 Å². The quantitative estimate of drug-likeness (QED) is 0.885. The maximum absolute atomic E-state index is 12.1. The molecule has 1 heterocycles. The van der Waals surface area contributed by atoms with Crippen LogP contribution >= 0.6 is 0 Å². The minimum Gasteiger partial charge on any atom is -0.368 e. The van der Waals surface area contributed by atoms with Gasteiger partial charge in [0.1, 0.15) is 6.04 Å². The van der Waals surface area contributed by atoms with Gasteiger partial charge in [-0.15, -0.1) is 0 Å².